The zero-order valence-corrected chi connectivity index (χ0v) is 18.8. The molecule has 5 nitrogen and oxygen atoms in total. The molecule has 0 amide bonds. The van der Waals surface area contributed by atoms with Crippen LogP contribution in [0.4, 0.5) is 0 Å². The summed E-state index contributed by atoms with van der Waals surface area (Å²) in [5.74, 6) is 1.73. The van der Waals surface area contributed by atoms with Crippen molar-refractivity contribution >= 4 is 0 Å². The van der Waals surface area contributed by atoms with E-state index in [0.717, 1.165) is 49.8 Å². The third-order valence-corrected chi connectivity index (χ3v) is 6.72. The molecule has 0 aromatic heterocycles. The summed E-state index contributed by atoms with van der Waals surface area (Å²) in [5.41, 5.74) is 1.35. The van der Waals surface area contributed by atoms with Crippen LogP contribution in [-0.4, -0.2) is 61.3 Å². The van der Waals surface area contributed by atoms with Crippen molar-refractivity contribution < 1.29 is 14.6 Å². The average molecular weight is 425 g/mol. The monoisotopic (exact) mass is 424 g/mol. The fourth-order valence-electron chi connectivity index (χ4n) is 4.85. The first kappa shape index (κ1) is 22.1. The molecule has 2 aromatic carbocycles. The lowest BCUT2D eigenvalue weighted by atomic mass is 9.84. The summed E-state index contributed by atoms with van der Waals surface area (Å²) in [6, 6.07) is 16.3. The normalized spacial score (nSPS) is 19.8. The quantitative estimate of drug-likeness (QED) is 0.693. The van der Waals surface area contributed by atoms with Gasteiger partial charge in [0.2, 0.25) is 0 Å². The maximum atomic E-state index is 11.3. The van der Waals surface area contributed by atoms with E-state index in [-0.39, 0.29) is 0 Å². The van der Waals surface area contributed by atoms with E-state index in [9.17, 15) is 5.11 Å². The zero-order chi connectivity index (χ0) is 21.5. The van der Waals surface area contributed by atoms with Crippen molar-refractivity contribution in [1.29, 1.82) is 0 Å². The molecule has 168 valence electrons. The Kier molecular flexibility index (Phi) is 7.49. The van der Waals surface area contributed by atoms with Gasteiger partial charge in [0.25, 0.3) is 0 Å². The predicted octanol–water partition coefficient (Wildman–Crippen LogP) is 4.04. The largest absolute Gasteiger partial charge is 0.496 e. The number of piperidine rings is 2. The van der Waals surface area contributed by atoms with E-state index in [1.54, 1.807) is 7.11 Å². The molecule has 5 heteroatoms. The first-order valence-corrected chi connectivity index (χ1v) is 11.7. The number of methoxy groups -OCH3 is 1. The number of para-hydroxylation sites is 1. The zero-order valence-electron chi connectivity index (χ0n) is 18.8. The van der Waals surface area contributed by atoms with E-state index in [1.165, 1.54) is 37.9 Å². The Morgan fingerprint density at radius 3 is 2.45 bits per heavy atom. The smallest absolute Gasteiger partial charge is 0.124 e. The number of likely N-dealkylation sites (tertiary alicyclic amines) is 2. The molecule has 2 heterocycles. The van der Waals surface area contributed by atoms with Gasteiger partial charge in [0.15, 0.2) is 0 Å². The molecule has 0 aliphatic carbocycles. The van der Waals surface area contributed by atoms with Crippen molar-refractivity contribution in [2.45, 2.75) is 44.2 Å². The number of hydrogen-bond acceptors (Lipinski definition) is 5. The molecule has 0 unspecified atom stereocenters. The molecular weight excluding hydrogens is 388 g/mol. The SMILES string of the molecule is COc1ccccc1C1(O)CCN(Cc2cccc(OCCN3CCCCC3)c2)CC1. The highest BCUT2D eigenvalue weighted by atomic mass is 16.5. The Morgan fingerprint density at radius 2 is 1.68 bits per heavy atom. The van der Waals surface area contributed by atoms with Crippen molar-refractivity contribution in [1.82, 2.24) is 9.80 Å². The van der Waals surface area contributed by atoms with Gasteiger partial charge in [0.05, 0.1) is 12.7 Å². The van der Waals surface area contributed by atoms with Gasteiger partial charge in [-0.3, -0.25) is 9.80 Å². The Balaban J connectivity index is 1.28. The summed E-state index contributed by atoms with van der Waals surface area (Å²) in [6.45, 7) is 6.77. The van der Waals surface area contributed by atoms with Crippen LogP contribution >= 0.6 is 0 Å². The number of ether oxygens (including phenoxy) is 2. The molecule has 2 fully saturated rings. The molecule has 4 rings (SSSR count). The van der Waals surface area contributed by atoms with Crippen LogP contribution in [0.3, 0.4) is 0 Å². The lowest BCUT2D eigenvalue weighted by Gasteiger charge is -2.39. The molecule has 2 aliphatic heterocycles. The highest BCUT2D eigenvalue weighted by Gasteiger charge is 2.36. The average Bonchev–Trinajstić information content (AvgIpc) is 2.82. The van der Waals surface area contributed by atoms with Gasteiger partial charge in [-0.05, 0) is 62.5 Å². The molecule has 2 aliphatic rings. The van der Waals surface area contributed by atoms with Crippen LogP contribution in [0.5, 0.6) is 11.5 Å². The van der Waals surface area contributed by atoms with E-state index in [4.69, 9.17) is 9.47 Å². The van der Waals surface area contributed by atoms with Gasteiger partial charge in [-0.2, -0.15) is 0 Å². The molecule has 0 radical (unpaired) electrons. The lowest BCUT2D eigenvalue weighted by Crippen LogP contribution is -2.42. The van der Waals surface area contributed by atoms with Crippen molar-refractivity contribution in [3.8, 4) is 11.5 Å². The first-order valence-electron chi connectivity index (χ1n) is 11.7. The Bertz CT molecular complexity index is 827. The van der Waals surface area contributed by atoms with Crippen molar-refractivity contribution in [2.75, 3.05) is 46.4 Å². The minimum atomic E-state index is -0.817. The van der Waals surface area contributed by atoms with Crippen molar-refractivity contribution in [2.24, 2.45) is 0 Å². The fraction of sp³-hybridized carbons (Fsp3) is 0.538. The number of rotatable bonds is 8. The second kappa shape index (κ2) is 10.5. The van der Waals surface area contributed by atoms with E-state index in [1.807, 2.05) is 24.3 Å². The van der Waals surface area contributed by atoms with Crippen LogP contribution in [0.25, 0.3) is 0 Å². The molecule has 0 saturated carbocycles. The van der Waals surface area contributed by atoms with Gasteiger partial charge < -0.3 is 14.6 Å². The molecule has 2 saturated heterocycles. The van der Waals surface area contributed by atoms with Crippen LogP contribution in [0.2, 0.25) is 0 Å². The summed E-state index contributed by atoms with van der Waals surface area (Å²) in [5, 5.41) is 11.3. The van der Waals surface area contributed by atoms with Crippen LogP contribution in [0, 0.1) is 0 Å². The van der Waals surface area contributed by atoms with Crippen LogP contribution in [0.1, 0.15) is 43.2 Å². The topological polar surface area (TPSA) is 45.2 Å². The number of benzene rings is 2. The third-order valence-electron chi connectivity index (χ3n) is 6.72. The van der Waals surface area contributed by atoms with Gasteiger partial charge in [0, 0.05) is 31.7 Å². The summed E-state index contributed by atoms with van der Waals surface area (Å²) in [6.07, 6.45) is 5.42. The first-order chi connectivity index (χ1) is 15.2. The van der Waals surface area contributed by atoms with Gasteiger partial charge in [0.1, 0.15) is 18.1 Å². The van der Waals surface area contributed by atoms with E-state index >= 15 is 0 Å². The van der Waals surface area contributed by atoms with Gasteiger partial charge in [-0.25, -0.2) is 0 Å². The van der Waals surface area contributed by atoms with Crippen molar-refractivity contribution in [3.63, 3.8) is 0 Å². The van der Waals surface area contributed by atoms with Gasteiger partial charge in [-0.1, -0.05) is 36.8 Å². The Labute approximate surface area is 186 Å². The maximum absolute atomic E-state index is 11.3. The Morgan fingerprint density at radius 1 is 0.903 bits per heavy atom. The van der Waals surface area contributed by atoms with Crippen LogP contribution in [0.15, 0.2) is 48.5 Å². The summed E-state index contributed by atoms with van der Waals surface area (Å²) in [4.78, 5) is 4.92. The molecular formula is C26H36N2O3. The molecule has 0 spiro atoms. The standard InChI is InChI=1S/C26H36N2O3/c1-30-25-11-4-3-10-24(25)26(29)12-16-28(17-13-26)21-22-8-7-9-23(20-22)31-19-18-27-14-5-2-6-15-27/h3-4,7-11,20,29H,2,5-6,12-19,21H2,1H3. The summed E-state index contributed by atoms with van der Waals surface area (Å²) >= 11 is 0. The van der Waals surface area contributed by atoms with Crippen molar-refractivity contribution in [3.05, 3.63) is 59.7 Å². The van der Waals surface area contributed by atoms with E-state index < -0.39 is 5.60 Å². The molecule has 31 heavy (non-hydrogen) atoms. The highest BCUT2D eigenvalue weighted by Crippen LogP contribution is 2.38. The fourth-order valence-corrected chi connectivity index (χ4v) is 4.85. The third kappa shape index (κ3) is 5.79. The molecule has 0 atom stereocenters. The predicted molar refractivity (Wildman–Crippen MR) is 124 cm³/mol. The second-order valence-electron chi connectivity index (χ2n) is 8.91. The highest BCUT2D eigenvalue weighted by molar-refractivity contribution is 5.38. The molecule has 0 bridgehead atoms. The van der Waals surface area contributed by atoms with Gasteiger partial charge in [-0.15, -0.1) is 0 Å². The van der Waals surface area contributed by atoms with E-state index in [2.05, 4.69) is 34.1 Å². The summed E-state index contributed by atoms with van der Waals surface area (Å²) < 4.78 is 11.5. The minimum absolute atomic E-state index is 0.708. The van der Waals surface area contributed by atoms with Crippen LogP contribution in [-0.2, 0) is 12.1 Å². The minimum Gasteiger partial charge on any atom is -0.496 e. The number of aliphatic hydroxyl groups is 1. The Hall–Kier alpha value is -2.08. The molecule has 2 aromatic rings. The molecule has 1 N–H and O–H groups in total. The second-order valence-corrected chi connectivity index (χ2v) is 8.91. The number of nitrogens with zero attached hydrogens (tertiary/aromatic N) is 2. The lowest BCUT2D eigenvalue weighted by molar-refractivity contribution is -0.0292. The summed E-state index contributed by atoms with van der Waals surface area (Å²) in [7, 11) is 1.67. The van der Waals surface area contributed by atoms with E-state index in [0.29, 0.717) is 12.8 Å². The van der Waals surface area contributed by atoms with Crippen LogP contribution < -0.4 is 9.47 Å². The number of hydrogen-bond donors (Lipinski definition) is 1. The maximum Gasteiger partial charge on any atom is 0.124 e. The van der Waals surface area contributed by atoms with Gasteiger partial charge >= 0.3 is 0 Å².